The number of hydrogen-bond acceptors (Lipinski definition) is 3. The maximum atomic E-state index is 3.63. The van der Waals surface area contributed by atoms with Crippen molar-refractivity contribution in [3.63, 3.8) is 0 Å². The highest BCUT2D eigenvalue weighted by atomic mass is 28.3. The molecule has 0 aliphatic rings. The summed E-state index contributed by atoms with van der Waals surface area (Å²) in [6.45, 7) is 13.3. The van der Waals surface area contributed by atoms with Crippen LogP contribution in [-0.4, -0.2) is 40.0 Å². The van der Waals surface area contributed by atoms with E-state index in [0.29, 0.717) is 0 Å². The van der Waals surface area contributed by atoms with Gasteiger partial charge in [0, 0.05) is 6.67 Å². The zero-order valence-electron chi connectivity index (χ0n) is 9.56. The van der Waals surface area contributed by atoms with Crippen molar-refractivity contribution in [1.82, 2.24) is 14.9 Å². The molecular formula is C9H25N3Si. The molecule has 0 radical (unpaired) electrons. The second kappa shape index (κ2) is 8.68. The molecule has 0 saturated heterocycles. The summed E-state index contributed by atoms with van der Waals surface area (Å²) < 4.78 is 2.58. The smallest absolute Gasteiger partial charge is 0.187 e. The lowest BCUT2D eigenvalue weighted by Gasteiger charge is -2.28. The highest BCUT2D eigenvalue weighted by Gasteiger charge is 2.13. The molecule has 0 aliphatic carbocycles. The molecule has 0 aromatic rings. The maximum absolute atomic E-state index is 3.63. The summed E-state index contributed by atoms with van der Waals surface area (Å²) in [6, 6.07) is 1.30. The van der Waals surface area contributed by atoms with Gasteiger partial charge < -0.3 is 14.9 Å². The number of nitrogens with one attached hydrogen (secondary N) is 2. The van der Waals surface area contributed by atoms with Crippen molar-refractivity contribution < 1.29 is 0 Å². The van der Waals surface area contributed by atoms with Crippen LogP contribution in [0, 0.1) is 0 Å². The molecule has 0 spiro atoms. The summed E-state index contributed by atoms with van der Waals surface area (Å²) in [5.41, 5.74) is 0. The quantitative estimate of drug-likeness (QED) is 0.346. The van der Waals surface area contributed by atoms with Crippen molar-refractivity contribution in [2.24, 2.45) is 0 Å². The van der Waals surface area contributed by atoms with Crippen molar-refractivity contribution in [1.29, 1.82) is 0 Å². The van der Waals surface area contributed by atoms with E-state index in [1.165, 1.54) is 19.1 Å². The van der Waals surface area contributed by atoms with Gasteiger partial charge in [-0.2, -0.15) is 0 Å². The first kappa shape index (κ1) is 13.1. The lowest BCUT2D eigenvalue weighted by molar-refractivity contribution is 0.462. The lowest BCUT2D eigenvalue weighted by Crippen LogP contribution is -2.52. The second-order valence-electron chi connectivity index (χ2n) is 3.13. The van der Waals surface area contributed by atoms with Gasteiger partial charge in [-0.05, 0) is 25.7 Å². The van der Waals surface area contributed by atoms with Gasteiger partial charge in [0.2, 0.25) is 0 Å². The molecule has 0 bridgehead atoms. The highest BCUT2D eigenvalue weighted by Crippen LogP contribution is 1.95. The van der Waals surface area contributed by atoms with Gasteiger partial charge in [0.1, 0.15) is 0 Å². The molecule has 0 aromatic heterocycles. The van der Waals surface area contributed by atoms with E-state index in [4.69, 9.17) is 0 Å². The van der Waals surface area contributed by atoms with E-state index in [2.05, 4.69) is 42.6 Å². The third-order valence-corrected chi connectivity index (χ3v) is 5.41. The Morgan fingerprint density at radius 2 is 1.69 bits per heavy atom. The van der Waals surface area contributed by atoms with Gasteiger partial charge >= 0.3 is 0 Å². The van der Waals surface area contributed by atoms with Gasteiger partial charge in [0.25, 0.3) is 0 Å². The zero-order chi connectivity index (χ0) is 10.1. The summed E-state index contributed by atoms with van der Waals surface area (Å²) in [6.07, 6.45) is 0. The van der Waals surface area contributed by atoms with Crippen molar-refractivity contribution >= 4 is 9.12 Å². The first-order chi connectivity index (χ1) is 6.29. The summed E-state index contributed by atoms with van der Waals surface area (Å²) in [7, 11) is -0.839. The van der Waals surface area contributed by atoms with Crippen LogP contribution in [0.25, 0.3) is 0 Å². The Morgan fingerprint density at radius 1 is 1.08 bits per heavy atom. The fourth-order valence-electron chi connectivity index (χ4n) is 1.51. The van der Waals surface area contributed by atoms with Gasteiger partial charge in [-0.1, -0.05) is 27.7 Å². The minimum Gasteiger partial charge on any atom is -0.316 e. The van der Waals surface area contributed by atoms with E-state index in [9.17, 15) is 0 Å². The molecule has 1 unspecified atom stereocenters. The van der Waals surface area contributed by atoms with Gasteiger partial charge in [-0.25, -0.2) is 0 Å². The Morgan fingerprint density at radius 3 is 2.08 bits per heavy atom. The van der Waals surface area contributed by atoms with Crippen LogP contribution in [-0.2, 0) is 0 Å². The van der Waals surface area contributed by atoms with Crippen LogP contribution in [0.5, 0.6) is 0 Å². The van der Waals surface area contributed by atoms with Crippen molar-refractivity contribution in [3.8, 4) is 0 Å². The van der Waals surface area contributed by atoms with E-state index in [1.807, 2.05) is 0 Å². The molecule has 0 saturated carbocycles. The SMILES string of the molecule is CCNCN[SiH](CC)N(CC)CC. The van der Waals surface area contributed by atoms with E-state index in [-0.39, 0.29) is 0 Å². The Kier molecular flexibility index (Phi) is 8.75. The highest BCUT2D eigenvalue weighted by molar-refractivity contribution is 6.52. The van der Waals surface area contributed by atoms with Gasteiger partial charge in [-0.15, -0.1) is 0 Å². The monoisotopic (exact) mass is 203 g/mol. The minimum absolute atomic E-state index is 0.839. The predicted molar refractivity (Wildman–Crippen MR) is 62.2 cm³/mol. The molecule has 0 rings (SSSR count). The largest absolute Gasteiger partial charge is 0.316 e. The van der Waals surface area contributed by atoms with Gasteiger partial charge in [-0.3, -0.25) is 0 Å². The molecule has 1 atom stereocenters. The predicted octanol–water partition coefficient (Wildman–Crippen LogP) is 0.725. The van der Waals surface area contributed by atoms with E-state index in [0.717, 1.165) is 13.2 Å². The number of nitrogens with zero attached hydrogens (tertiary/aromatic N) is 1. The van der Waals surface area contributed by atoms with Crippen LogP contribution in [0.4, 0.5) is 0 Å². The molecule has 0 aliphatic heterocycles. The van der Waals surface area contributed by atoms with Crippen molar-refractivity contribution in [2.45, 2.75) is 33.7 Å². The van der Waals surface area contributed by atoms with Crippen LogP contribution < -0.4 is 10.3 Å². The average Bonchev–Trinajstić information content (AvgIpc) is 2.17. The van der Waals surface area contributed by atoms with Crippen LogP contribution in [0.15, 0.2) is 0 Å². The summed E-state index contributed by atoms with van der Waals surface area (Å²) in [5.74, 6) is 0. The fourth-order valence-corrected chi connectivity index (χ4v) is 3.84. The third kappa shape index (κ3) is 5.41. The molecule has 0 heterocycles. The van der Waals surface area contributed by atoms with E-state index in [1.54, 1.807) is 0 Å². The second-order valence-corrected chi connectivity index (χ2v) is 6.12. The minimum atomic E-state index is -0.839. The summed E-state index contributed by atoms with van der Waals surface area (Å²) >= 11 is 0. The Labute approximate surface area is 84.7 Å². The van der Waals surface area contributed by atoms with Gasteiger partial charge in [0.15, 0.2) is 9.12 Å². The van der Waals surface area contributed by atoms with E-state index < -0.39 is 9.12 Å². The average molecular weight is 203 g/mol. The lowest BCUT2D eigenvalue weighted by atomic mass is 10.7. The molecule has 0 amide bonds. The van der Waals surface area contributed by atoms with Crippen LogP contribution in [0.1, 0.15) is 27.7 Å². The third-order valence-electron chi connectivity index (χ3n) is 2.35. The summed E-state index contributed by atoms with van der Waals surface area (Å²) in [5, 5.41) is 3.31. The van der Waals surface area contributed by atoms with Gasteiger partial charge in [0.05, 0.1) is 0 Å². The zero-order valence-corrected chi connectivity index (χ0v) is 10.7. The molecule has 3 nitrogen and oxygen atoms in total. The summed E-state index contributed by atoms with van der Waals surface area (Å²) in [4.78, 5) is 3.63. The Balaban J connectivity index is 3.71. The first-order valence-corrected chi connectivity index (χ1v) is 7.39. The molecule has 13 heavy (non-hydrogen) atoms. The molecule has 4 heteroatoms. The molecule has 80 valence electrons. The molecule has 0 aromatic carbocycles. The first-order valence-electron chi connectivity index (χ1n) is 5.48. The van der Waals surface area contributed by atoms with Crippen LogP contribution in [0.2, 0.25) is 6.04 Å². The topological polar surface area (TPSA) is 27.3 Å². The number of rotatable bonds is 8. The molecule has 2 N–H and O–H groups in total. The maximum Gasteiger partial charge on any atom is 0.187 e. The normalized spacial score (nSPS) is 13.6. The van der Waals surface area contributed by atoms with Crippen LogP contribution >= 0.6 is 0 Å². The molecule has 0 fully saturated rings. The van der Waals surface area contributed by atoms with Crippen molar-refractivity contribution in [2.75, 3.05) is 26.3 Å². The fraction of sp³-hybridized carbons (Fsp3) is 1.00. The van der Waals surface area contributed by atoms with Crippen molar-refractivity contribution in [3.05, 3.63) is 0 Å². The Bertz CT molecular complexity index is 107. The van der Waals surface area contributed by atoms with Crippen LogP contribution in [0.3, 0.4) is 0 Å². The Hall–Kier alpha value is 0.0969. The van der Waals surface area contributed by atoms with E-state index >= 15 is 0 Å². The number of hydrogen-bond donors (Lipinski definition) is 2. The standard InChI is InChI=1S/C9H25N3Si/c1-5-10-9-11-13(8-4)12(6-2)7-3/h10-11,13H,5-9H2,1-4H3. The molecular weight excluding hydrogens is 178 g/mol.